The number of aromatic amines is 1. The second-order valence-electron chi connectivity index (χ2n) is 5.26. The molecule has 0 fully saturated rings. The molecule has 0 saturated carbocycles. The minimum atomic E-state index is 0.817. The zero-order chi connectivity index (χ0) is 14.7. The van der Waals surface area contributed by atoms with Gasteiger partial charge < -0.3 is 10.3 Å². The molecule has 0 unspecified atom stereocenters. The van der Waals surface area contributed by atoms with Crippen molar-refractivity contribution in [3.8, 4) is 0 Å². The average Bonchev–Trinajstić information content (AvgIpc) is 3.01. The van der Waals surface area contributed by atoms with Crippen molar-refractivity contribution in [1.82, 2.24) is 9.97 Å². The second kappa shape index (κ2) is 6.00. The molecule has 3 heteroatoms. The first kappa shape index (κ1) is 13.7. The van der Waals surface area contributed by atoms with Gasteiger partial charge in [-0.2, -0.15) is 0 Å². The molecule has 0 radical (unpaired) electrons. The fourth-order valence-corrected chi connectivity index (χ4v) is 2.68. The van der Waals surface area contributed by atoms with Gasteiger partial charge in [-0.15, -0.1) is 0 Å². The SMILES string of the molecule is CCc1ccc(CC)c(NCc2ccnc3[nH]ccc23)c1. The van der Waals surface area contributed by atoms with Crippen molar-refractivity contribution < 1.29 is 0 Å². The Morgan fingerprint density at radius 3 is 2.76 bits per heavy atom. The van der Waals surface area contributed by atoms with E-state index in [0.29, 0.717) is 0 Å². The quantitative estimate of drug-likeness (QED) is 0.731. The van der Waals surface area contributed by atoms with Crippen molar-refractivity contribution in [3.63, 3.8) is 0 Å². The minimum Gasteiger partial charge on any atom is -0.381 e. The van der Waals surface area contributed by atoms with Crippen LogP contribution in [0.2, 0.25) is 0 Å². The van der Waals surface area contributed by atoms with Gasteiger partial charge in [-0.05, 0) is 47.7 Å². The molecule has 0 aliphatic heterocycles. The molecule has 2 aromatic heterocycles. The highest BCUT2D eigenvalue weighted by atomic mass is 14.9. The molecule has 3 aromatic rings. The van der Waals surface area contributed by atoms with Crippen molar-refractivity contribution in [2.75, 3.05) is 5.32 Å². The molecule has 0 bridgehead atoms. The summed E-state index contributed by atoms with van der Waals surface area (Å²) < 4.78 is 0. The van der Waals surface area contributed by atoms with E-state index in [9.17, 15) is 0 Å². The lowest BCUT2D eigenvalue weighted by Gasteiger charge is -2.13. The van der Waals surface area contributed by atoms with Crippen LogP contribution in [0.15, 0.2) is 42.7 Å². The summed E-state index contributed by atoms with van der Waals surface area (Å²) in [7, 11) is 0. The van der Waals surface area contributed by atoms with Crippen LogP contribution in [0, 0.1) is 0 Å². The Balaban J connectivity index is 1.86. The van der Waals surface area contributed by atoms with Gasteiger partial charge in [-0.1, -0.05) is 26.0 Å². The lowest BCUT2D eigenvalue weighted by molar-refractivity contribution is 1.07. The predicted octanol–water partition coefficient (Wildman–Crippen LogP) is 4.30. The number of fused-ring (bicyclic) bond motifs is 1. The van der Waals surface area contributed by atoms with E-state index in [1.165, 1.54) is 27.8 Å². The van der Waals surface area contributed by atoms with Crippen LogP contribution in [0.25, 0.3) is 11.0 Å². The summed E-state index contributed by atoms with van der Waals surface area (Å²) in [4.78, 5) is 7.49. The monoisotopic (exact) mass is 279 g/mol. The van der Waals surface area contributed by atoms with Crippen LogP contribution < -0.4 is 5.32 Å². The molecule has 0 aliphatic carbocycles. The van der Waals surface area contributed by atoms with E-state index in [0.717, 1.165) is 25.0 Å². The molecule has 0 aliphatic rings. The van der Waals surface area contributed by atoms with E-state index >= 15 is 0 Å². The largest absolute Gasteiger partial charge is 0.381 e. The topological polar surface area (TPSA) is 40.7 Å². The van der Waals surface area contributed by atoms with Gasteiger partial charge in [0.1, 0.15) is 5.65 Å². The molecular formula is C18H21N3. The van der Waals surface area contributed by atoms with Crippen molar-refractivity contribution in [2.24, 2.45) is 0 Å². The number of H-pyrrole nitrogens is 1. The maximum absolute atomic E-state index is 4.33. The maximum atomic E-state index is 4.33. The van der Waals surface area contributed by atoms with Gasteiger partial charge in [0.25, 0.3) is 0 Å². The maximum Gasteiger partial charge on any atom is 0.137 e. The van der Waals surface area contributed by atoms with Crippen LogP contribution >= 0.6 is 0 Å². The van der Waals surface area contributed by atoms with E-state index in [1.807, 2.05) is 12.4 Å². The first-order valence-corrected chi connectivity index (χ1v) is 7.58. The average molecular weight is 279 g/mol. The van der Waals surface area contributed by atoms with Crippen LogP contribution in [0.5, 0.6) is 0 Å². The van der Waals surface area contributed by atoms with Gasteiger partial charge in [-0.25, -0.2) is 4.98 Å². The predicted molar refractivity (Wildman–Crippen MR) is 88.6 cm³/mol. The number of nitrogens with zero attached hydrogens (tertiary/aromatic N) is 1. The number of aromatic nitrogens is 2. The fraction of sp³-hybridized carbons (Fsp3) is 0.278. The second-order valence-corrected chi connectivity index (χ2v) is 5.26. The van der Waals surface area contributed by atoms with Gasteiger partial charge in [0, 0.05) is 30.0 Å². The van der Waals surface area contributed by atoms with E-state index in [1.54, 1.807) is 0 Å². The molecule has 108 valence electrons. The summed E-state index contributed by atoms with van der Waals surface area (Å²) in [5, 5.41) is 4.78. The third kappa shape index (κ3) is 2.77. The van der Waals surface area contributed by atoms with Crippen molar-refractivity contribution in [1.29, 1.82) is 0 Å². The summed E-state index contributed by atoms with van der Waals surface area (Å²) in [5.74, 6) is 0. The highest BCUT2D eigenvalue weighted by molar-refractivity contribution is 5.79. The summed E-state index contributed by atoms with van der Waals surface area (Å²) in [6, 6.07) is 10.9. The van der Waals surface area contributed by atoms with Crippen LogP contribution in [0.3, 0.4) is 0 Å². The molecule has 0 atom stereocenters. The van der Waals surface area contributed by atoms with E-state index in [2.05, 4.69) is 59.5 Å². The molecule has 0 spiro atoms. The normalized spacial score (nSPS) is 11.0. The zero-order valence-electron chi connectivity index (χ0n) is 12.6. The Kier molecular flexibility index (Phi) is 3.91. The molecule has 2 N–H and O–H groups in total. The number of nitrogens with one attached hydrogen (secondary N) is 2. The fourth-order valence-electron chi connectivity index (χ4n) is 2.68. The summed E-state index contributed by atoms with van der Waals surface area (Å²) in [6.07, 6.45) is 5.91. The van der Waals surface area contributed by atoms with Crippen LogP contribution in [-0.4, -0.2) is 9.97 Å². The van der Waals surface area contributed by atoms with Crippen molar-refractivity contribution in [3.05, 3.63) is 59.4 Å². The number of pyridine rings is 1. The standard InChI is InChI=1S/C18H21N3/c1-3-13-5-6-14(4-2)17(11-13)21-12-15-7-9-19-18-16(15)8-10-20-18/h5-11,21H,3-4,12H2,1-2H3,(H,19,20). The van der Waals surface area contributed by atoms with E-state index < -0.39 is 0 Å². The van der Waals surface area contributed by atoms with Gasteiger partial charge >= 0.3 is 0 Å². The van der Waals surface area contributed by atoms with Gasteiger partial charge in [0.15, 0.2) is 0 Å². The summed E-state index contributed by atoms with van der Waals surface area (Å²) >= 11 is 0. The first-order chi connectivity index (χ1) is 10.3. The molecule has 21 heavy (non-hydrogen) atoms. The van der Waals surface area contributed by atoms with Gasteiger partial charge in [-0.3, -0.25) is 0 Å². The minimum absolute atomic E-state index is 0.817. The Bertz CT molecular complexity index is 743. The van der Waals surface area contributed by atoms with Crippen LogP contribution in [0.1, 0.15) is 30.5 Å². The molecular weight excluding hydrogens is 258 g/mol. The summed E-state index contributed by atoms with van der Waals surface area (Å²) in [5.41, 5.74) is 6.21. The lowest BCUT2D eigenvalue weighted by atomic mass is 10.0. The molecule has 3 rings (SSSR count). The molecule has 2 heterocycles. The van der Waals surface area contributed by atoms with Crippen molar-refractivity contribution >= 4 is 16.7 Å². The Morgan fingerprint density at radius 1 is 1.05 bits per heavy atom. The highest BCUT2D eigenvalue weighted by Gasteiger charge is 2.05. The van der Waals surface area contributed by atoms with Crippen LogP contribution in [0.4, 0.5) is 5.69 Å². The third-order valence-electron chi connectivity index (χ3n) is 3.98. The van der Waals surface area contributed by atoms with Crippen LogP contribution in [-0.2, 0) is 19.4 Å². The number of rotatable bonds is 5. The Labute approximate surface area is 125 Å². The number of aryl methyl sites for hydroxylation is 2. The first-order valence-electron chi connectivity index (χ1n) is 7.58. The molecule has 1 aromatic carbocycles. The zero-order valence-corrected chi connectivity index (χ0v) is 12.6. The van der Waals surface area contributed by atoms with Gasteiger partial charge in [0.05, 0.1) is 0 Å². The number of benzene rings is 1. The van der Waals surface area contributed by atoms with Crippen molar-refractivity contribution in [2.45, 2.75) is 33.2 Å². The van der Waals surface area contributed by atoms with E-state index in [4.69, 9.17) is 0 Å². The van der Waals surface area contributed by atoms with E-state index in [-0.39, 0.29) is 0 Å². The van der Waals surface area contributed by atoms with Gasteiger partial charge in [0.2, 0.25) is 0 Å². The molecule has 0 saturated heterocycles. The smallest absolute Gasteiger partial charge is 0.137 e. The number of hydrogen-bond donors (Lipinski definition) is 2. The highest BCUT2D eigenvalue weighted by Crippen LogP contribution is 2.21. The third-order valence-corrected chi connectivity index (χ3v) is 3.98. The summed E-state index contributed by atoms with van der Waals surface area (Å²) in [6.45, 7) is 5.21. The molecule has 0 amide bonds. The number of anilines is 1. The Hall–Kier alpha value is -2.29. The number of hydrogen-bond acceptors (Lipinski definition) is 2. The Morgan fingerprint density at radius 2 is 1.95 bits per heavy atom. The lowest BCUT2D eigenvalue weighted by Crippen LogP contribution is -2.03. The molecule has 3 nitrogen and oxygen atoms in total.